The van der Waals surface area contributed by atoms with Crippen LogP contribution in [-0.4, -0.2) is 49.3 Å². The molecule has 0 fully saturated rings. The number of aliphatic hydroxyl groups excluding tert-OH is 1. The number of hydrogen-bond acceptors (Lipinski definition) is 6. The minimum atomic E-state index is -0.698. The zero-order valence-electron chi connectivity index (χ0n) is 15.3. The van der Waals surface area contributed by atoms with Crippen molar-refractivity contribution in [3.63, 3.8) is 0 Å². The number of hydrogen-bond donors (Lipinski definition) is 4. The van der Waals surface area contributed by atoms with E-state index in [1.54, 1.807) is 36.4 Å². The molecule has 1 heterocycles. The van der Waals surface area contributed by atoms with Gasteiger partial charge < -0.3 is 30.9 Å². The number of benzene rings is 2. The highest BCUT2D eigenvalue weighted by Gasteiger charge is 2.21. The van der Waals surface area contributed by atoms with Crippen molar-refractivity contribution >= 4 is 17.5 Å². The fourth-order valence-corrected chi connectivity index (χ4v) is 2.83. The average molecular weight is 385 g/mol. The summed E-state index contributed by atoms with van der Waals surface area (Å²) in [6, 6.07) is 12.0. The van der Waals surface area contributed by atoms with Gasteiger partial charge >= 0.3 is 0 Å². The van der Waals surface area contributed by atoms with Crippen molar-refractivity contribution in [1.29, 1.82) is 0 Å². The average Bonchev–Trinajstić information content (AvgIpc) is 3.07. The molecule has 0 saturated carbocycles. The summed E-state index contributed by atoms with van der Waals surface area (Å²) in [5, 5.41) is 15.9. The quantitative estimate of drug-likeness (QED) is 0.446. The summed E-state index contributed by atoms with van der Waals surface area (Å²) >= 11 is 0. The molecule has 1 aliphatic rings. The lowest BCUT2D eigenvalue weighted by Gasteiger charge is -2.15. The van der Waals surface area contributed by atoms with Crippen LogP contribution in [0.1, 0.15) is 15.9 Å². The van der Waals surface area contributed by atoms with Gasteiger partial charge in [-0.1, -0.05) is 6.07 Å². The SMILES string of the molecule is NC(=O)c1ccc(OCCNCC(O)COc2cccc3c2CC(=O)N3)cc1. The lowest BCUT2D eigenvalue weighted by molar-refractivity contribution is -0.115. The molecule has 1 aliphatic heterocycles. The Hall–Kier alpha value is -3.10. The molecule has 1 unspecified atom stereocenters. The standard InChI is InChI=1S/C20H23N3O5/c21-20(26)13-4-6-15(7-5-13)27-9-8-22-11-14(24)12-28-18-3-1-2-17-16(18)10-19(25)23-17/h1-7,14,22,24H,8-12H2,(H2,21,26)(H,23,25). The highest BCUT2D eigenvalue weighted by atomic mass is 16.5. The molecule has 3 rings (SSSR count). The third kappa shape index (κ3) is 5.21. The zero-order chi connectivity index (χ0) is 19.9. The van der Waals surface area contributed by atoms with Crippen molar-refractivity contribution in [2.75, 3.05) is 31.6 Å². The monoisotopic (exact) mass is 385 g/mol. The summed E-state index contributed by atoms with van der Waals surface area (Å²) in [4.78, 5) is 22.5. The van der Waals surface area contributed by atoms with E-state index >= 15 is 0 Å². The molecule has 0 aliphatic carbocycles. The van der Waals surface area contributed by atoms with E-state index < -0.39 is 12.0 Å². The number of ether oxygens (including phenoxy) is 2. The number of aliphatic hydroxyl groups is 1. The molecule has 0 saturated heterocycles. The number of carbonyl (C=O) groups excluding carboxylic acids is 2. The van der Waals surface area contributed by atoms with Crippen molar-refractivity contribution < 1.29 is 24.2 Å². The van der Waals surface area contributed by atoms with Gasteiger partial charge in [0.25, 0.3) is 0 Å². The first-order valence-electron chi connectivity index (χ1n) is 8.99. The van der Waals surface area contributed by atoms with E-state index in [-0.39, 0.29) is 18.9 Å². The molecule has 0 spiro atoms. The van der Waals surface area contributed by atoms with Gasteiger partial charge in [0.2, 0.25) is 11.8 Å². The summed E-state index contributed by atoms with van der Waals surface area (Å²) in [6.07, 6.45) is -0.409. The lowest BCUT2D eigenvalue weighted by atomic mass is 10.1. The maximum Gasteiger partial charge on any atom is 0.248 e. The van der Waals surface area contributed by atoms with Crippen LogP contribution in [0.2, 0.25) is 0 Å². The Morgan fingerprint density at radius 2 is 2.00 bits per heavy atom. The Bertz CT molecular complexity index is 838. The van der Waals surface area contributed by atoms with E-state index in [4.69, 9.17) is 15.2 Å². The number of amides is 2. The molecule has 28 heavy (non-hydrogen) atoms. The van der Waals surface area contributed by atoms with E-state index in [9.17, 15) is 14.7 Å². The second-order valence-corrected chi connectivity index (χ2v) is 6.41. The van der Waals surface area contributed by atoms with Crippen LogP contribution < -0.4 is 25.8 Å². The molecule has 2 aromatic carbocycles. The van der Waals surface area contributed by atoms with E-state index in [1.807, 2.05) is 6.07 Å². The topological polar surface area (TPSA) is 123 Å². The zero-order valence-corrected chi connectivity index (χ0v) is 15.3. The van der Waals surface area contributed by atoms with Crippen LogP contribution in [0.4, 0.5) is 5.69 Å². The molecule has 0 aromatic heterocycles. The van der Waals surface area contributed by atoms with Crippen LogP contribution in [0, 0.1) is 0 Å². The molecule has 5 N–H and O–H groups in total. The van der Waals surface area contributed by atoms with Gasteiger partial charge in [0.15, 0.2) is 0 Å². The summed E-state index contributed by atoms with van der Waals surface area (Å²) in [7, 11) is 0. The first kappa shape index (κ1) is 19.7. The van der Waals surface area contributed by atoms with E-state index in [0.29, 0.717) is 36.8 Å². The molecular formula is C20H23N3O5. The Morgan fingerprint density at radius 1 is 1.21 bits per heavy atom. The van der Waals surface area contributed by atoms with Crippen LogP contribution in [0.15, 0.2) is 42.5 Å². The van der Waals surface area contributed by atoms with Gasteiger partial charge in [0.05, 0.1) is 6.42 Å². The third-order valence-corrected chi connectivity index (χ3v) is 4.24. The van der Waals surface area contributed by atoms with E-state index in [2.05, 4.69) is 10.6 Å². The van der Waals surface area contributed by atoms with Gasteiger partial charge in [-0.3, -0.25) is 9.59 Å². The fourth-order valence-electron chi connectivity index (χ4n) is 2.83. The van der Waals surface area contributed by atoms with Crippen LogP contribution in [0.25, 0.3) is 0 Å². The summed E-state index contributed by atoms with van der Waals surface area (Å²) in [5.74, 6) is 0.708. The van der Waals surface area contributed by atoms with Gasteiger partial charge in [-0.2, -0.15) is 0 Å². The summed E-state index contributed by atoms with van der Waals surface area (Å²) in [5.41, 5.74) is 7.20. The number of anilines is 1. The van der Waals surface area contributed by atoms with Crippen molar-refractivity contribution in [1.82, 2.24) is 5.32 Å². The number of rotatable bonds is 10. The first-order valence-corrected chi connectivity index (χ1v) is 8.99. The Labute approximate surface area is 162 Å². The molecule has 0 radical (unpaired) electrons. The largest absolute Gasteiger partial charge is 0.492 e. The molecular weight excluding hydrogens is 362 g/mol. The number of carbonyl (C=O) groups is 2. The normalized spacial score (nSPS) is 13.5. The summed E-state index contributed by atoms with van der Waals surface area (Å²) in [6.45, 7) is 1.40. The Balaban J connectivity index is 1.33. The molecule has 0 bridgehead atoms. The van der Waals surface area contributed by atoms with E-state index in [1.165, 1.54) is 0 Å². The first-order chi connectivity index (χ1) is 13.5. The van der Waals surface area contributed by atoms with Gasteiger partial charge in [0.1, 0.15) is 30.8 Å². The molecule has 2 aromatic rings. The number of nitrogens with one attached hydrogen (secondary N) is 2. The molecule has 2 amide bonds. The van der Waals surface area contributed by atoms with Gasteiger partial charge in [-0.25, -0.2) is 0 Å². The van der Waals surface area contributed by atoms with Crippen LogP contribution >= 0.6 is 0 Å². The van der Waals surface area contributed by atoms with Gasteiger partial charge in [-0.15, -0.1) is 0 Å². The second kappa shape index (κ2) is 9.20. The van der Waals surface area contributed by atoms with Crippen LogP contribution in [-0.2, 0) is 11.2 Å². The Morgan fingerprint density at radius 3 is 2.75 bits per heavy atom. The van der Waals surface area contributed by atoms with Crippen LogP contribution in [0.5, 0.6) is 11.5 Å². The van der Waals surface area contributed by atoms with Crippen LogP contribution in [0.3, 0.4) is 0 Å². The smallest absolute Gasteiger partial charge is 0.248 e. The van der Waals surface area contributed by atoms with Crippen molar-refractivity contribution in [2.45, 2.75) is 12.5 Å². The molecule has 8 nitrogen and oxygen atoms in total. The minimum absolute atomic E-state index is 0.0578. The van der Waals surface area contributed by atoms with Crippen molar-refractivity contribution in [3.8, 4) is 11.5 Å². The highest BCUT2D eigenvalue weighted by molar-refractivity contribution is 6.00. The number of primary amides is 1. The van der Waals surface area contributed by atoms with Gasteiger partial charge in [-0.05, 0) is 36.4 Å². The van der Waals surface area contributed by atoms with E-state index in [0.717, 1.165) is 11.3 Å². The number of nitrogens with two attached hydrogens (primary N) is 1. The van der Waals surface area contributed by atoms with Crippen molar-refractivity contribution in [2.24, 2.45) is 5.73 Å². The van der Waals surface area contributed by atoms with Crippen molar-refractivity contribution in [3.05, 3.63) is 53.6 Å². The predicted molar refractivity (Wildman–Crippen MR) is 104 cm³/mol. The van der Waals surface area contributed by atoms with Gasteiger partial charge in [0, 0.05) is 29.9 Å². The minimum Gasteiger partial charge on any atom is -0.492 e. The lowest BCUT2D eigenvalue weighted by Crippen LogP contribution is -2.33. The summed E-state index contributed by atoms with van der Waals surface area (Å²) < 4.78 is 11.2. The maximum atomic E-state index is 11.5. The molecule has 8 heteroatoms. The fraction of sp³-hybridized carbons (Fsp3) is 0.300. The number of fused-ring (bicyclic) bond motifs is 1. The maximum absolute atomic E-state index is 11.5. The highest BCUT2D eigenvalue weighted by Crippen LogP contribution is 2.31. The molecule has 148 valence electrons. The molecule has 1 atom stereocenters. The third-order valence-electron chi connectivity index (χ3n) is 4.24. The second-order valence-electron chi connectivity index (χ2n) is 6.41. The predicted octanol–water partition coefficient (Wildman–Crippen LogP) is 0.688. The Kier molecular flexibility index (Phi) is 6.46.